The number of hydrogen-bond acceptors (Lipinski definition) is 4. The van der Waals surface area contributed by atoms with Gasteiger partial charge in [0.2, 0.25) is 21.8 Å². The molecule has 0 aliphatic rings. The molecule has 0 spiro atoms. The molecule has 0 saturated heterocycles. The molecule has 0 aliphatic heterocycles. The van der Waals surface area contributed by atoms with Gasteiger partial charge in [0.1, 0.15) is 6.04 Å². The molecule has 9 heteroatoms. The molecule has 0 aliphatic carbocycles. The maximum atomic E-state index is 13.0. The van der Waals surface area contributed by atoms with Crippen LogP contribution < -0.4 is 5.32 Å². The maximum absolute atomic E-state index is 13.0. The number of benzene rings is 2. The average Bonchev–Trinajstić information content (AvgIpc) is 2.72. The smallest absolute Gasteiger partial charge is 0.243 e. The topological polar surface area (TPSA) is 86.8 Å². The number of carbonyl (C=O) groups excluding carboxylic acids is 2. The SMILES string of the molecule is CNC(=O)[C@@H](C)N(Cc1ccc(C)cc1)C(=O)CN(C)S(=O)(=O)c1ccc(Cl)cc1. The Morgan fingerprint density at radius 1 is 1.07 bits per heavy atom. The number of aryl methyl sites for hydroxylation is 1. The van der Waals surface area contributed by atoms with Crippen molar-refractivity contribution in [2.45, 2.75) is 31.3 Å². The van der Waals surface area contributed by atoms with Gasteiger partial charge in [-0.15, -0.1) is 0 Å². The minimum Gasteiger partial charge on any atom is -0.357 e. The predicted octanol–water partition coefficient (Wildman–Crippen LogP) is 2.43. The Kier molecular flexibility index (Phi) is 8.00. The van der Waals surface area contributed by atoms with E-state index in [1.807, 2.05) is 31.2 Å². The minimum atomic E-state index is -3.89. The molecule has 0 bridgehead atoms. The second-order valence-corrected chi connectivity index (χ2v) is 9.49. The van der Waals surface area contributed by atoms with E-state index in [2.05, 4.69) is 5.32 Å². The van der Waals surface area contributed by atoms with E-state index in [1.165, 1.54) is 43.3 Å². The summed E-state index contributed by atoms with van der Waals surface area (Å²) in [6.07, 6.45) is 0. The Balaban J connectivity index is 2.24. The summed E-state index contributed by atoms with van der Waals surface area (Å²) in [5, 5.41) is 2.95. The van der Waals surface area contributed by atoms with Crippen LogP contribution >= 0.6 is 11.6 Å². The average molecular weight is 452 g/mol. The molecule has 30 heavy (non-hydrogen) atoms. The molecule has 0 aromatic heterocycles. The number of carbonyl (C=O) groups is 2. The van der Waals surface area contributed by atoms with Gasteiger partial charge in [0, 0.05) is 25.7 Å². The van der Waals surface area contributed by atoms with Crippen LogP contribution in [0.4, 0.5) is 0 Å². The minimum absolute atomic E-state index is 0.0339. The lowest BCUT2D eigenvalue weighted by Gasteiger charge is -2.30. The fourth-order valence-corrected chi connectivity index (χ4v) is 4.08. The molecular weight excluding hydrogens is 426 g/mol. The Hall–Kier alpha value is -2.42. The molecule has 2 amide bonds. The standard InChI is InChI=1S/C21H26ClN3O4S/c1-15-5-7-17(8-6-15)13-25(16(2)21(27)23-3)20(26)14-24(4)30(28,29)19-11-9-18(22)10-12-19/h5-12,16H,13-14H2,1-4H3,(H,23,27)/t16-/m1/s1. The lowest BCUT2D eigenvalue weighted by molar-refractivity contribution is -0.140. The van der Waals surface area contributed by atoms with Gasteiger partial charge in [-0.1, -0.05) is 41.4 Å². The largest absolute Gasteiger partial charge is 0.357 e. The van der Waals surface area contributed by atoms with Gasteiger partial charge in [0.25, 0.3) is 0 Å². The van der Waals surface area contributed by atoms with Crippen molar-refractivity contribution < 1.29 is 18.0 Å². The lowest BCUT2D eigenvalue weighted by Crippen LogP contribution is -2.50. The van der Waals surface area contributed by atoms with Crippen LogP contribution in [0.1, 0.15) is 18.1 Å². The number of sulfonamides is 1. The van der Waals surface area contributed by atoms with E-state index in [-0.39, 0.29) is 17.3 Å². The normalized spacial score (nSPS) is 12.5. The highest BCUT2D eigenvalue weighted by atomic mass is 35.5. The van der Waals surface area contributed by atoms with Crippen LogP contribution in [0.3, 0.4) is 0 Å². The van der Waals surface area contributed by atoms with Crippen molar-refractivity contribution in [1.29, 1.82) is 0 Å². The summed E-state index contributed by atoms with van der Waals surface area (Å²) in [6, 6.07) is 12.5. The van der Waals surface area contributed by atoms with E-state index in [0.717, 1.165) is 15.4 Å². The zero-order valence-corrected chi connectivity index (χ0v) is 19.0. The van der Waals surface area contributed by atoms with Gasteiger partial charge < -0.3 is 10.2 Å². The van der Waals surface area contributed by atoms with Gasteiger partial charge in [-0.25, -0.2) is 8.42 Å². The van der Waals surface area contributed by atoms with Crippen molar-refractivity contribution in [2.24, 2.45) is 0 Å². The van der Waals surface area contributed by atoms with E-state index in [0.29, 0.717) is 5.02 Å². The molecule has 2 aromatic carbocycles. The highest BCUT2D eigenvalue weighted by molar-refractivity contribution is 7.89. The van der Waals surface area contributed by atoms with Gasteiger partial charge in [-0.3, -0.25) is 9.59 Å². The molecule has 162 valence electrons. The molecule has 7 nitrogen and oxygen atoms in total. The Morgan fingerprint density at radius 2 is 1.63 bits per heavy atom. The van der Waals surface area contributed by atoms with Crippen molar-refractivity contribution >= 4 is 33.4 Å². The van der Waals surface area contributed by atoms with Crippen LogP contribution in [0.15, 0.2) is 53.4 Å². The summed E-state index contributed by atoms with van der Waals surface area (Å²) < 4.78 is 26.5. The third-order valence-corrected chi connectivity index (χ3v) is 6.84. The lowest BCUT2D eigenvalue weighted by atomic mass is 10.1. The summed E-state index contributed by atoms with van der Waals surface area (Å²) >= 11 is 5.83. The van der Waals surface area contributed by atoms with Crippen LogP contribution in [0.5, 0.6) is 0 Å². The zero-order valence-electron chi connectivity index (χ0n) is 17.4. The summed E-state index contributed by atoms with van der Waals surface area (Å²) in [5.74, 6) is -0.814. The highest BCUT2D eigenvalue weighted by Gasteiger charge is 2.29. The highest BCUT2D eigenvalue weighted by Crippen LogP contribution is 2.18. The predicted molar refractivity (Wildman–Crippen MR) is 117 cm³/mol. The molecule has 0 unspecified atom stereocenters. The summed E-state index contributed by atoms with van der Waals surface area (Å²) in [4.78, 5) is 26.6. The number of nitrogens with one attached hydrogen (secondary N) is 1. The first kappa shape index (κ1) is 23.9. The van der Waals surface area contributed by atoms with Crippen LogP contribution in [0.25, 0.3) is 0 Å². The van der Waals surface area contributed by atoms with Crippen LogP contribution in [-0.4, -0.2) is 56.1 Å². The van der Waals surface area contributed by atoms with Crippen molar-refractivity contribution in [3.05, 3.63) is 64.7 Å². The number of rotatable bonds is 8. The van der Waals surface area contributed by atoms with Crippen LogP contribution in [0.2, 0.25) is 5.02 Å². The third-order valence-electron chi connectivity index (χ3n) is 4.77. The first-order valence-electron chi connectivity index (χ1n) is 9.34. The Bertz CT molecular complexity index is 992. The van der Waals surface area contributed by atoms with Gasteiger partial charge in [0.15, 0.2) is 0 Å². The second kappa shape index (κ2) is 10.1. The van der Waals surface area contributed by atoms with E-state index in [4.69, 9.17) is 11.6 Å². The molecule has 0 radical (unpaired) electrons. The first-order chi connectivity index (χ1) is 14.1. The Labute approximate surface area is 182 Å². The summed E-state index contributed by atoms with van der Waals surface area (Å²) in [7, 11) is -1.07. The molecule has 0 heterocycles. The van der Waals surface area contributed by atoms with Gasteiger partial charge >= 0.3 is 0 Å². The van der Waals surface area contributed by atoms with Gasteiger partial charge in [-0.2, -0.15) is 4.31 Å². The van der Waals surface area contributed by atoms with Gasteiger partial charge in [-0.05, 0) is 43.7 Å². The molecule has 0 saturated carbocycles. The van der Waals surface area contributed by atoms with Crippen LogP contribution in [0, 0.1) is 6.92 Å². The fourth-order valence-electron chi connectivity index (χ4n) is 2.83. The van der Waals surface area contributed by atoms with Crippen molar-refractivity contribution in [2.75, 3.05) is 20.6 Å². The number of halogens is 1. The monoisotopic (exact) mass is 451 g/mol. The van der Waals surface area contributed by atoms with E-state index in [1.54, 1.807) is 6.92 Å². The van der Waals surface area contributed by atoms with Crippen molar-refractivity contribution in [3.63, 3.8) is 0 Å². The fraction of sp³-hybridized carbons (Fsp3) is 0.333. The Morgan fingerprint density at radius 3 is 2.17 bits per heavy atom. The zero-order chi connectivity index (χ0) is 22.5. The van der Waals surface area contributed by atoms with E-state index >= 15 is 0 Å². The number of amides is 2. The van der Waals surface area contributed by atoms with E-state index < -0.39 is 28.5 Å². The summed E-state index contributed by atoms with van der Waals surface area (Å²) in [5.41, 5.74) is 1.91. The van der Waals surface area contributed by atoms with Crippen LogP contribution in [-0.2, 0) is 26.2 Å². The molecule has 2 aromatic rings. The molecule has 2 rings (SSSR count). The maximum Gasteiger partial charge on any atom is 0.243 e. The first-order valence-corrected chi connectivity index (χ1v) is 11.2. The number of likely N-dealkylation sites (N-methyl/N-ethyl adjacent to an activating group) is 2. The molecule has 1 atom stereocenters. The molecule has 0 fully saturated rings. The van der Waals surface area contributed by atoms with Gasteiger partial charge in [0.05, 0.1) is 11.4 Å². The molecular formula is C21H26ClN3O4S. The third kappa shape index (κ3) is 5.81. The number of hydrogen-bond donors (Lipinski definition) is 1. The second-order valence-electron chi connectivity index (χ2n) is 7.01. The summed E-state index contributed by atoms with van der Waals surface area (Å²) in [6.45, 7) is 3.34. The quantitative estimate of drug-likeness (QED) is 0.667. The van der Waals surface area contributed by atoms with Crippen molar-refractivity contribution in [1.82, 2.24) is 14.5 Å². The van der Waals surface area contributed by atoms with Crippen molar-refractivity contribution in [3.8, 4) is 0 Å². The van der Waals surface area contributed by atoms with E-state index in [9.17, 15) is 18.0 Å². The number of nitrogens with zero attached hydrogens (tertiary/aromatic N) is 2. The molecule has 1 N–H and O–H groups in total.